The first kappa shape index (κ1) is 16.7. The number of aliphatic imine (C=N–C) groups is 1. The molecule has 3 N–H and O–H groups in total. The summed E-state index contributed by atoms with van der Waals surface area (Å²) in [4.78, 5) is 27.0. The molecular formula is C15H21N3O3. The minimum Gasteiger partial charge on any atom is -0.459 e. The normalized spacial score (nSPS) is 11.9. The number of primary amides is 1. The minimum absolute atomic E-state index is 0.00988. The van der Waals surface area contributed by atoms with Crippen LogP contribution in [0.1, 0.15) is 26.3 Å². The van der Waals surface area contributed by atoms with Crippen molar-refractivity contribution in [2.45, 2.75) is 26.4 Å². The number of benzene rings is 1. The van der Waals surface area contributed by atoms with Crippen LogP contribution < -0.4 is 11.1 Å². The van der Waals surface area contributed by atoms with Crippen LogP contribution in [0.3, 0.4) is 0 Å². The van der Waals surface area contributed by atoms with Gasteiger partial charge in [0, 0.05) is 18.3 Å². The number of hydrogen-bond acceptors (Lipinski definition) is 5. The number of rotatable bonds is 5. The first-order valence-corrected chi connectivity index (χ1v) is 6.56. The van der Waals surface area contributed by atoms with Crippen LogP contribution in [0.15, 0.2) is 29.3 Å². The summed E-state index contributed by atoms with van der Waals surface area (Å²) in [5.41, 5.74) is 6.06. The van der Waals surface area contributed by atoms with E-state index >= 15 is 0 Å². The highest BCUT2D eigenvalue weighted by Crippen LogP contribution is 2.16. The zero-order chi connectivity index (χ0) is 16.0. The second-order valence-corrected chi connectivity index (χ2v) is 5.42. The van der Waals surface area contributed by atoms with Crippen LogP contribution in [0.4, 0.5) is 5.69 Å². The second-order valence-electron chi connectivity index (χ2n) is 5.42. The van der Waals surface area contributed by atoms with E-state index in [4.69, 9.17) is 10.5 Å². The quantitative estimate of drug-likeness (QED) is 0.632. The third kappa shape index (κ3) is 5.25. The maximum Gasteiger partial charge on any atom is 0.325 e. The van der Waals surface area contributed by atoms with Crippen LogP contribution in [-0.2, 0) is 14.3 Å². The van der Waals surface area contributed by atoms with Gasteiger partial charge in [0.2, 0.25) is 0 Å². The summed E-state index contributed by atoms with van der Waals surface area (Å²) in [6.45, 7) is 5.39. The Hall–Kier alpha value is -2.37. The van der Waals surface area contributed by atoms with Gasteiger partial charge in [0.25, 0.3) is 5.91 Å². The number of nitrogens with zero attached hydrogens (tertiary/aromatic N) is 1. The number of esters is 1. The van der Waals surface area contributed by atoms with Crippen molar-refractivity contribution in [1.82, 2.24) is 0 Å². The predicted octanol–water partition coefficient (Wildman–Crippen LogP) is 1.34. The Morgan fingerprint density at radius 1 is 1.29 bits per heavy atom. The molecule has 0 aliphatic rings. The molecule has 0 unspecified atom stereocenters. The zero-order valence-corrected chi connectivity index (χ0v) is 12.8. The average Bonchev–Trinajstić information content (AvgIpc) is 2.36. The molecule has 1 amide bonds. The van der Waals surface area contributed by atoms with Gasteiger partial charge in [-0.15, -0.1) is 0 Å². The lowest BCUT2D eigenvalue weighted by Gasteiger charge is -2.20. The van der Waals surface area contributed by atoms with Crippen LogP contribution >= 0.6 is 0 Å². The standard InChI is InChI=1S/C15H21N3O3/c1-15(2,3)21-12(19)9-18-11-8-6-5-7-10(11)13(17-4)14(16)20/h5-8,18H,9H2,1-4H3,(H2,16,20). The molecule has 0 aliphatic heterocycles. The molecule has 0 aromatic heterocycles. The van der Waals surface area contributed by atoms with Crippen molar-refractivity contribution >= 4 is 23.3 Å². The Bertz CT molecular complexity index is 560. The van der Waals surface area contributed by atoms with Gasteiger partial charge in [-0.2, -0.15) is 0 Å². The summed E-state index contributed by atoms with van der Waals surface area (Å²) >= 11 is 0. The highest BCUT2D eigenvalue weighted by atomic mass is 16.6. The molecular weight excluding hydrogens is 270 g/mol. The van der Waals surface area contributed by atoms with E-state index in [0.29, 0.717) is 11.3 Å². The number of ether oxygens (including phenoxy) is 1. The van der Waals surface area contributed by atoms with Gasteiger partial charge in [-0.05, 0) is 26.8 Å². The summed E-state index contributed by atoms with van der Waals surface area (Å²) in [7, 11) is 1.49. The van der Waals surface area contributed by atoms with E-state index in [0.717, 1.165) is 0 Å². The first-order valence-electron chi connectivity index (χ1n) is 6.56. The molecule has 0 heterocycles. The Balaban J connectivity index is 2.86. The van der Waals surface area contributed by atoms with Crippen molar-refractivity contribution in [3.63, 3.8) is 0 Å². The lowest BCUT2D eigenvalue weighted by atomic mass is 10.1. The Morgan fingerprint density at radius 2 is 1.90 bits per heavy atom. The topological polar surface area (TPSA) is 93.8 Å². The van der Waals surface area contributed by atoms with Gasteiger partial charge >= 0.3 is 5.97 Å². The molecule has 0 radical (unpaired) electrons. The molecule has 1 aromatic rings. The number of anilines is 1. The fourth-order valence-electron chi connectivity index (χ4n) is 1.75. The van der Waals surface area contributed by atoms with Crippen molar-refractivity contribution in [2.75, 3.05) is 18.9 Å². The number of amides is 1. The third-order valence-electron chi connectivity index (χ3n) is 2.48. The Morgan fingerprint density at radius 3 is 2.43 bits per heavy atom. The molecule has 0 aliphatic carbocycles. The molecule has 0 saturated heterocycles. The summed E-state index contributed by atoms with van der Waals surface area (Å²) in [6.07, 6.45) is 0. The number of para-hydroxylation sites is 1. The van der Waals surface area contributed by atoms with Gasteiger partial charge < -0.3 is 15.8 Å². The number of nitrogens with two attached hydrogens (primary N) is 1. The van der Waals surface area contributed by atoms with E-state index in [2.05, 4.69) is 10.3 Å². The van der Waals surface area contributed by atoms with E-state index in [9.17, 15) is 9.59 Å². The minimum atomic E-state index is -0.621. The molecule has 0 atom stereocenters. The van der Waals surface area contributed by atoms with E-state index in [-0.39, 0.29) is 18.2 Å². The fraction of sp³-hybridized carbons (Fsp3) is 0.400. The average molecular weight is 291 g/mol. The van der Waals surface area contributed by atoms with Gasteiger partial charge in [0.1, 0.15) is 17.9 Å². The van der Waals surface area contributed by atoms with E-state index in [1.54, 1.807) is 45.0 Å². The molecule has 0 bridgehead atoms. The van der Waals surface area contributed by atoms with Crippen molar-refractivity contribution in [3.8, 4) is 0 Å². The molecule has 0 saturated carbocycles. The third-order valence-corrected chi connectivity index (χ3v) is 2.48. The molecule has 6 nitrogen and oxygen atoms in total. The molecule has 21 heavy (non-hydrogen) atoms. The second kappa shape index (κ2) is 6.88. The molecule has 6 heteroatoms. The largest absolute Gasteiger partial charge is 0.459 e. The lowest BCUT2D eigenvalue weighted by Crippen LogP contribution is -2.29. The molecule has 0 fully saturated rings. The fourth-order valence-corrected chi connectivity index (χ4v) is 1.75. The van der Waals surface area contributed by atoms with Crippen LogP contribution in [0.25, 0.3) is 0 Å². The van der Waals surface area contributed by atoms with Gasteiger partial charge in [0.05, 0.1) is 0 Å². The number of carbonyl (C=O) groups excluding carboxylic acids is 2. The summed E-state index contributed by atoms with van der Waals surface area (Å²) in [5, 5.41) is 2.94. The van der Waals surface area contributed by atoms with Crippen molar-refractivity contribution in [1.29, 1.82) is 0 Å². The van der Waals surface area contributed by atoms with Crippen LogP contribution in [0, 0.1) is 0 Å². The monoisotopic (exact) mass is 291 g/mol. The van der Waals surface area contributed by atoms with Crippen molar-refractivity contribution in [2.24, 2.45) is 10.7 Å². The zero-order valence-electron chi connectivity index (χ0n) is 12.8. The van der Waals surface area contributed by atoms with Gasteiger partial charge in [0.15, 0.2) is 0 Å². The van der Waals surface area contributed by atoms with Gasteiger partial charge in [-0.1, -0.05) is 18.2 Å². The number of nitrogens with one attached hydrogen (secondary N) is 1. The molecule has 0 spiro atoms. The molecule has 114 valence electrons. The predicted molar refractivity (Wildman–Crippen MR) is 82.4 cm³/mol. The van der Waals surface area contributed by atoms with Crippen molar-refractivity contribution < 1.29 is 14.3 Å². The van der Waals surface area contributed by atoms with Gasteiger partial charge in [-0.25, -0.2) is 0 Å². The van der Waals surface area contributed by atoms with Crippen molar-refractivity contribution in [3.05, 3.63) is 29.8 Å². The van der Waals surface area contributed by atoms with Crippen LogP contribution in [-0.4, -0.2) is 36.8 Å². The van der Waals surface area contributed by atoms with E-state index in [1.165, 1.54) is 7.05 Å². The number of hydrogen-bond donors (Lipinski definition) is 2. The highest BCUT2D eigenvalue weighted by molar-refractivity contribution is 6.46. The Kier molecular flexibility index (Phi) is 5.46. The summed E-state index contributed by atoms with van der Waals surface area (Å²) < 4.78 is 5.21. The summed E-state index contributed by atoms with van der Waals surface area (Å²) in [5.74, 6) is -1.00. The van der Waals surface area contributed by atoms with Crippen LogP contribution in [0.2, 0.25) is 0 Å². The van der Waals surface area contributed by atoms with Crippen LogP contribution in [0.5, 0.6) is 0 Å². The van der Waals surface area contributed by atoms with E-state index < -0.39 is 11.5 Å². The maximum absolute atomic E-state index is 11.7. The van der Waals surface area contributed by atoms with Gasteiger partial charge in [-0.3, -0.25) is 14.6 Å². The number of carbonyl (C=O) groups is 2. The molecule has 1 rings (SSSR count). The highest BCUT2D eigenvalue weighted by Gasteiger charge is 2.17. The van der Waals surface area contributed by atoms with E-state index in [1.807, 2.05) is 0 Å². The smallest absolute Gasteiger partial charge is 0.325 e. The Labute approximate surface area is 124 Å². The SMILES string of the molecule is CN=C(C(N)=O)c1ccccc1NCC(=O)OC(C)(C)C. The maximum atomic E-state index is 11.7. The molecule has 1 aromatic carbocycles. The first-order chi connectivity index (χ1) is 9.74. The summed E-state index contributed by atoms with van der Waals surface area (Å²) in [6, 6.07) is 7.01. The lowest BCUT2D eigenvalue weighted by molar-refractivity contribution is -0.152.